The van der Waals surface area contributed by atoms with E-state index in [1.807, 2.05) is 0 Å². The monoisotopic (exact) mass is 306 g/mol. The molecule has 118 valence electrons. The van der Waals surface area contributed by atoms with Crippen molar-refractivity contribution >= 4 is 6.29 Å². The van der Waals surface area contributed by atoms with E-state index in [1.54, 1.807) is 13.8 Å². The van der Waals surface area contributed by atoms with Gasteiger partial charge in [0.25, 0.3) is 0 Å². The highest BCUT2D eigenvalue weighted by Crippen LogP contribution is 2.36. The lowest BCUT2D eigenvalue weighted by atomic mass is 10.1. The van der Waals surface area contributed by atoms with Crippen LogP contribution in [0.25, 0.3) is 0 Å². The van der Waals surface area contributed by atoms with E-state index in [-0.39, 0.29) is 17.9 Å². The zero-order valence-corrected chi connectivity index (χ0v) is 11.8. The number of carbonyl (C=O) groups excluding carboxylic acids is 1. The van der Waals surface area contributed by atoms with E-state index in [0.717, 1.165) is 12.1 Å². The Morgan fingerprint density at radius 1 is 1.19 bits per heavy atom. The molecular weight excluding hydrogens is 289 g/mol. The maximum Gasteiger partial charge on any atom is 0.419 e. The Balaban J connectivity index is 2.89. The molecule has 0 spiro atoms. The minimum absolute atomic E-state index is 0.0687. The van der Waals surface area contributed by atoms with Gasteiger partial charge in [-0.3, -0.25) is 4.79 Å². The van der Waals surface area contributed by atoms with Gasteiger partial charge in [-0.05, 0) is 32.0 Å². The first-order valence-electron chi connectivity index (χ1n) is 6.44. The molecule has 0 atom stereocenters. The van der Waals surface area contributed by atoms with Gasteiger partial charge in [0, 0.05) is 18.8 Å². The summed E-state index contributed by atoms with van der Waals surface area (Å²) in [6.45, 7) is 4.01. The first-order chi connectivity index (χ1) is 9.92. The van der Waals surface area contributed by atoms with Gasteiger partial charge >= 0.3 is 6.18 Å². The molecule has 0 amide bonds. The fraction of sp³-hybridized carbons (Fsp3) is 0.500. The van der Waals surface area contributed by atoms with Crippen LogP contribution in [0.15, 0.2) is 18.2 Å². The van der Waals surface area contributed by atoms with Gasteiger partial charge in [0.2, 0.25) is 0 Å². The van der Waals surface area contributed by atoms with Crippen molar-refractivity contribution in [1.29, 1.82) is 0 Å². The summed E-state index contributed by atoms with van der Waals surface area (Å²) in [5, 5.41) is 0. The molecule has 0 aliphatic heterocycles. The molecule has 1 aromatic carbocycles. The minimum Gasteiger partial charge on any atom is -0.488 e. The lowest BCUT2D eigenvalue weighted by molar-refractivity contribution is -0.156. The number of hydrogen-bond donors (Lipinski definition) is 0. The molecule has 1 rings (SSSR count). The van der Waals surface area contributed by atoms with Crippen LogP contribution in [0, 0.1) is 0 Å². The predicted molar refractivity (Wildman–Crippen MR) is 69.4 cm³/mol. The Morgan fingerprint density at radius 2 is 1.81 bits per heavy atom. The molecule has 0 unspecified atom stereocenters. The highest BCUT2D eigenvalue weighted by molar-refractivity contribution is 5.75. The molecule has 21 heavy (non-hydrogen) atoms. The average Bonchev–Trinajstić information content (AvgIpc) is 2.44. The molecule has 1 aromatic rings. The zero-order valence-electron chi connectivity index (χ0n) is 11.8. The summed E-state index contributed by atoms with van der Waals surface area (Å²) in [6, 6.07) is 3.12. The van der Waals surface area contributed by atoms with Gasteiger partial charge in [0.1, 0.15) is 18.6 Å². The number of ether oxygens (including phenoxy) is 3. The molecule has 0 saturated carbocycles. The van der Waals surface area contributed by atoms with E-state index >= 15 is 0 Å². The number of benzene rings is 1. The number of halogens is 3. The molecule has 4 nitrogen and oxygen atoms in total. The summed E-state index contributed by atoms with van der Waals surface area (Å²) < 4.78 is 54.3. The van der Waals surface area contributed by atoms with Crippen LogP contribution in [0.1, 0.15) is 29.8 Å². The van der Waals surface area contributed by atoms with Gasteiger partial charge < -0.3 is 14.2 Å². The van der Waals surface area contributed by atoms with Crippen LogP contribution in [0.4, 0.5) is 13.2 Å². The smallest absolute Gasteiger partial charge is 0.419 e. The van der Waals surface area contributed by atoms with Crippen molar-refractivity contribution in [1.82, 2.24) is 0 Å². The van der Waals surface area contributed by atoms with Gasteiger partial charge in [-0.15, -0.1) is 0 Å². The summed E-state index contributed by atoms with van der Waals surface area (Å²) in [6.07, 6.45) is -5.00. The number of alkyl halides is 3. The first-order valence-corrected chi connectivity index (χ1v) is 6.44. The molecule has 0 bridgehead atoms. The first kappa shape index (κ1) is 17.5. The third kappa shape index (κ3) is 5.35. The Bertz CT molecular complexity index is 454. The van der Waals surface area contributed by atoms with E-state index in [2.05, 4.69) is 0 Å². The average molecular weight is 306 g/mol. The van der Waals surface area contributed by atoms with Crippen molar-refractivity contribution in [3.8, 4) is 5.75 Å². The summed E-state index contributed by atoms with van der Waals surface area (Å²) >= 11 is 0. The highest BCUT2D eigenvalue weighted by Gasteiger charge is 2.35. The van der Waals surface area contributed by atoms with E-state index in [0.29, 0.717) is 19.5 Å². The van der Waals surface area contributed by atoms with Crippen LogP contribution < -0.4 is 4.74 Å². The molecule has 0 fully saturated rings. The third-order valence-electron chi connectivity index (χ3n) is 2.53. The molecule has 0 aliphatic rings. The molecular formula is C14H17F3O4. The van der Waals surface area contributed by atoms with E-state index in [4.69, 9.17) is 14.2 Å². The number of rotatable bonds is 8. The largest absolute Gasteiger partial charge is 0.488 e. The van der Waals surface area contributed by atoms with Gasteiger partial charge in [-0.1, -0.05) is 0 Å². The molecule has 7 heteroatoms. The molecule has 0 aliphatic carbocycles. The van der Waals surface area contributed by atoms with Crippen molar-refractivity contribution in [2.24, 2.45) is 0 Å². The zero-order chi connectivity index (χ0) is 15.9. The minimum atomic E-state index is -4.61. The third-order valence-corrected chi connectivity index (χ3v) is 2.53. The summed E-state index contributed by atoms with van der Waals surface area (Å²) in [5.74, 6) is -0.363. The SMILES string of the molecule is CCOC(COc1ccc(C=O)cc1C(F)(F)F)OCC. The van der Waals surface area contributed by atoms with Crippen LogP contribution in [0.3, 0.4) is 0 Å². The second kappa shape index (κ2) is 7.99. The summed E-state index contributed by atoms with van der Waals surface area (Å²) in [7, 11) is 0. The molecule has 0 N–H and O–H groups in total. The number of carbonyl (C=O) groups is 1. The molecule has 0 saturated heterocycles. The van der Waals surface area contributed by atoms with Crippen LogP contribution in [-0.2, 0) is 15.7 Å². The standard InChI is InChI=1S/C14H17F3O4/c1-3-19-13(20-4-2)9-21-12-6-5-10(8-18)7-11(12)14(15,16)17/h5-8,13H,3-4,9H2,1-2H3. The van der Waals surface area contributed by atoms with Gasteiger partial charge in [-0.25, -0.2) is 0 Å². The number of hydrogen-bond acceptors (Lipinski definition) is 4. The van der Waals surface area contributed by atoms with Gasteiger partial charge in [0.05, 0.1) is 5.56 Å². The van der Waals surface area contributed by atoms with Crippen molar-refractivity contribution < 1.29 is 32.2 Å². The van der Waals surface area contributed by atoms with E-state index in [1.165, 1.54) is 6.07 Å². The quantitative estimate of drug-likeness (QED) is 0.546. The molecule has 0 radical (unpaired) electrons. The van der Waals surface area contributed by atoms with Crippen molar-refractivity contribution in [2.75, 3.05) is 19.8 Å². The maximum absolute atomic E-state index is 12.9. The number of aldehydes is 1. The van der Waals surface area contributed by atoms with Gasteiger partial charge in [-0.2, -0.15) is 13.2 Å². The van der Waals surface area contributed by atoms with Gasteiger partial charge in [0.15, 0.2) is 6.29 Å². The fourth-order valence-electron chi connectivity index (χ4n) is 1.64. The maximum atomic E-state index is 12.9. The second-order valence-electron chi connectivity index (χ2n) is 4.02. The highest BCUT2D eigenvalue weighted by atomic mass is 19.4. The predicted octanol–water partition coefficient (Wildman–Crippen LogP) is 3.30. The van der Waals surface area contributed by atoms with Crippen molar-refractivity contribution in [3.63, 3.8) is 0 Å². The Morgan fingerprint density at radius 3 is 2.29 bits per heavy atom. The molecule has 0 aromatic heterocycles. The second-order valence-corrected chi connectivity index (χ2v) is 4.02. The fourth-order valence-corrected chi connectivity index (χ4v) is 1.64. The molecule has 0 heterocycles. The Kier molecular flexibility index (Phi) is 6.64. The Labute approximate surface area is 120 Å². The van der Waals surface area contributed by atoms with Crippen LogP contribution in [-0.4, -0.2) is 32.4 Å². The van der Waals surface area contributed by atoms with E-state index in [9.17, 15) is 18.0 Å². The summed E-state index contributed by atoms with van der Waals surface area (Å²) in [5.41, 5.74) is -1.07. The van der Waals surface area contributed by atoms with Crippen molar-refractivity contribution in [3.05, 3.63) is 29.3 Å². The summed E-state index contributed by atoms with van der Waals surface area (Å²) in [4.78, 5) is 10.6. The normalized spacial score (nSPS) is 11.7. The van der Waals surface area contributed by atoms with Crippen LogP contribution in [0.5, 0.6) is 5.75 Å². The van der Waals surface area contributed by atoms with Crippen LogP contribution >= 0.6 is 0 Å². The van der Waals surface area contributed by atoms with Crippen LogP contribution in [0.2, 0.25) is 0 Å². The lowest BCUT2D eigenvalue weighted by Crippen LogP contribution is -2.26. The topological polar surface area (TPSA) is 44.8 Å². The lowest BCUT2D eigenvalue weighted by Gasteiger charge is -2.19. The van der Waals surface area contributed by atoms with E-state index < -0.39 is 18.0 Å². The van der Waals surface area contributed by atoms with Crippen molar-refractivity contribution in [2.45, 2.75) is 26.3 Å². The Hall–Kier alpha value is -1.60.